The summed E-state index contributed by atoms with van der Waals surface area (Å²) < 4.78 is 11.6. The van der Waals surface area contributed by atoms with Crippen LogP contribution in [0.3, 0.4) is 0 Å². The van der Waals surface area contributed by atoms with E-state index in [0.717, 1.165) is 0 Å². The van der Waals surface area contributed by atoms with Crippen LogP contribution in [-0.2, 0) is 9.47 Å². The zero-order chi connectivity index (χ0) is 13.9. The number of allylic oxidation sites excluding steroid dienone is 2. The average molecular weight is 260 g/mol. The summed E-state index contributed by atoms with van der Waals surface area (Å²) in [6.45, 7) is 7.26. The topological polar surface area (TPSA) is 18.5 Å². The van der Waals surface area contributed by atoms with E-state index < -0.39 is 0 Å². The first-order chi connectivity index (χ1) is 9.29. The van der Waals surface area contributed by atoms with Gasteiger partial charge in [0.15, 0.2) is 6.29 Å². The van der Waals surface area contributed by atoms with E-state index in [9.17, 15) is 0 Å². The molecular weight excluding hydrogens is 236 g/mol. The molecule has 104 valence electrons. The van der Waals surface area contributed by atoms with Crippen molar-refractivity contribution in [2.75, 3.05) is 13.2 Å². The number of rotatable bonds is 8. The van der Waals surface area contributed by atoms with E-state index in [2.05, 4.69) is 19.1 Å². The molecule has 1 aromatic rings. The Bertz CT molecular complexity index is 366. The third-order valence-electron chi connectivity index (χ3n) is 2.92. The molecule has 0 aliphatic heterocycles. The minimum Gasteiger partial charge on any atom is -0.348 e. The molecule has 0 heterocycles. The van der Waals surface area contributed by atoms with E-state index >= 15 is 0 Å². The first-order valence-corrected chi connectivity index (χ1v) is 6.80. The summed E-state index contributed by atoms with van der Waals surface area (Å²) in [6, 6.07) is 10.3. The predicted octanol–water partition coefficient (Wildman–Crippen LogP) is 4.30. The van der Waals surface area contributed by atoms with E-state index in [1.54, 1.807) is 0 Å². The third-order valence-corrected chi connectivity index (χ3v) is 2.92. The normalized spacial score (nSPS) is 13.7. The Morgan fingerprint density at radius 1 is 0.947 bits per heavy atom. The smallest absolute Gasteiger partial charge is 0.164 e. The highest BCUT2D eigenvalue weighted by Gasteiger charge is 2.19. The highest BCUT2D eigenvalue weighted by Crippen LogP contribution is 2.22. The van der Waals surface area contributed by atoms with E-state index in [1.807, 2.05) is 56.4 Å². The lowest BCUT2D eigenvalue weighted by atomic mass is 10.0. The van der Waals surface area contributed by atoms with E-state index in [4.69, 9.17) is 9.47 Å². The summed E-state index contributed by atoms with van der Waals surface area (Å²) in [7, 11) is 0. The third kappa shape index (κ3) is 5.86. The molecule has 0 radical (unpaired) electrons. The van der Waals surface area contributed by atoms with Crippen molar-refractivity contribution in [2.24, 2.45) is 0 Å². The molecule has 0 aliphatic carbocycles. The van der Waals surface area contributed by atoms with Crippen LogP contribution in [0.2, 0.25) is 0 Å². The van der Waals surface area contributed by atoms with Gasteiger partial charge in [-0.05, 0) is 19.4 Å². The first-order valence-electron chi connectivity index (χ1n) is 6.80. The summed E-state index contributed by atoms with van der Waals surface area (Å²) >= 11 is 0. The molecule has 2 heteroatoms. The highest BCUT2D eigenvalue weighted by molar-refractivity contribution is 5.19. The Morgan fingerprint density at radius 3 is 1.95 bits per heavy atom. The summed E-state index contributed by atoms with van der Waals surface area (Å²) in [4.78, 5) is 0. The minimum atomic E-state index is -0.227. The Morgan fingerprint density at radius 2 is 1.47 bits per heavy atom. The molecule has 0 fully saturated rings. The largest absolute Gasteiger partial charge is 0.348 e. The maximum atomic E-state index is 5.80. The molecule has 1 rings (SSSR count). The standard InChI is InChI=1S/C17H24O2/c1-4-6-13-18-17(19-14-7-5-2)15(3)16-11-9-8-10-12-16/h4-12,15,17H,13-14H2,1-3H3/b6-4+,7-5+. The van der Waals surface area contributed by atoms with Gasteiger partial charge in [-0.2, -0.15) is 0 Å². The number of hydrogen-bond acceptors (Lipinski definition) is 2. The Hall–Kier alpha value is -1.38. The molecule has 0 spiro atoms. The van der Waals surface area contributed by atoms with E-state index in [1.165, 1.54) is 5.56 Å². The summed E-state index contributed by atoms with van der Waals surface area (Å²) in [5.41, 5.74) is 1.23. The van der Waals surface area contributed by atoms with Crippen molar-refractivity contribution in [1.29, 1.82) is 0 Å². The zero-order valence-electron chi connectivity index (χ0n) is 12.1. The van der Waals surface area contributed by atoms with Crippen molar-refractivity contribution in [3.05, 3.63) is 60.2 Å². The van der Waals surface area contributed by atoms with Crippen molar-refractivity contribution in [1.82, 2.24) is 0 Å². The summed E-state index contributed by atoms with van der Waals surface area (Å²) in [6.07, 6.45) is 7.72. The van der Waals surface area contributed by atoms with Crippen molar-refractivity contribution in [2.45, 2.75) is 33.0 Å². The molecule has 1 atom stereocenters. The molecular formula is C17H24O2. The molecule has 1 aromatic carbocycles. The molecule has 2 nitrogen and oxygen atoms in total. The fraction of sp³-hybridized carbons (Fsp3) is 0.412. The van der Waals surface area contributed by atoms with Crippen LogP contribution in [0.5, 0.6) is 0 Å². The van der Waals surface area contributed by atoms with Gasteiger partial charge in [0.2, 0.25) is 0 Å². The maximum Gasteiger partial charge on any atom is 0.164 e. The minimum absolute atomic E-state index is 0.205. The number of ether oxygens (including phenoxy) is 2. The lowest BCUT2D eigenvalue weighted by molar-refractivity contribution is -0.138. The van der Waals surface area contributed by atoms with Crippen LogP contribution in [0.4, 0.5) is 0 Å². The van der Waals surface area contributed by atoms with Gasteiger partial charge in [-0.3, -0.25) is 0 Å². The van der Waals surface area contributed by atoms with E-state index in [-0.39, 0.29) is 12.2 Å². The second-order valence-corrected chi connectivity index (χ2v) is 4.37. The monoisotopic (exact) mass is 260 g/mol. The van der Waals surface area contributed by atoms with Gasteiger partial charge in [0.1, 0.15) is 0 Å². The van der Waals surface area contributed by atoms with Gasteiger partial charge in [0.05, 0.1) is 13.2 Å². The quantitative estimate of drug-likeness (QED) is 0.512. The van der Waals surface area contributed by atoms with Crippen LogP contribution in [0.1, 0.15) is 32.3 Å². The van der Waals surface area contributed by atoms with Crippen molar-refractivity contribution in [3.63, 3.8) is 0 Å². The molecule has 0 saturated heterocycles. The van der Waals surface area contributed by atoms with Gasteiger partial charge in [0.25, 0.3) is 0 Å². The van der Waals surface area contributed by atoms with Gasteiger partial charge >= 0.3 is 0 Å². The highest BCUT2D eigenvalue weighted by atomic mass is 16.7. The fourth-order valence-corrected chi connectivity index (χ4v) is 1.74. The zero-order valence-corrected chi connectivity index (χ0v) is 12.1. The summed E-state index contributed by atoms with van der Waals surface area (Å²) in [5.74, 6) is 0.205. The van der Waals surface area contributed by atoms with Crippen LogP contribution >= 0.6 is 0 Å². The lowest BCUT2D eigenvalue weighted by Crippen LogP contribution is -2.24. The van der Waals surface area contributed by atoms with E-state index in [0.29, 0.717) is 13.2 Å². The molecule has 19 heavy (non-hydrogen) atoms. The molecule has 0 amide bonds. The second-order valence-electron chi connectivity index (χ2n) is 4.37. The Labute approximate surface area is 116 Å². The summed E-state index contributed by atoms with van der Waals surface area (Å²) in [5, 5.41) is 0. The maximum absolute atomic E-state index is 5.80. The first kappa shape index (κ1) is 15.7. The van der Waals surface area contributed by atoms with Crippen molar-refractivity contribution in [3.8, 4) is 0 Å². The molecule has 0 N–H and O–H groups in total. The molecule has 0 bridgehead atoms. The molecule has 0 aromatic heterocycles. The van der Waals surface area contributed by atoms with Crippen molar-refractivity contribution >= 4 is 0 Å². The van der Waals surface area contributed by atoms with Gasteiger partial charge in [0, 0.05) is 5.92 Å². The molecule has 1 unspecified atom stereocenters. The Balaban J connectivity index is 2.64. The number of benzene rings is 1. The lowest BCUT2D eigenvalue weighted by Gasteiger charge is -2.24. The number of hydrogen-bond donors (Lipinski definition) is 0. The van der Waals surface area contributed by atoms with Gasteiger partial charge in [-0.1, -0.05) is 61.6 Å². The van der Waals surface area contributed by atoms with Crippen LogP contribution in [0.25, 0.3) is 0 Å². The predicted molar refractivity (Wildman–Crippen MR) is 80.2 cm³/mol. The Kier molecular flexibility index (Phi) is 7.87. The van der Waals surface area contributed by atoms with Gasteiger partial charge in [-0.15, -0.1) is 0 Å². The second kappa shape index (κ2) is 9.54. The van der Waals surface area contributed by atoms with Crippen molar-refractivity contribution < 1.29 is 9.47 Å². The van der Waals surface area contributed by atoms with Crippen LogP contribution in [-0.4, -0.2) is 19.5 Å². The SMILES string of the molecule is C/C=C/COC(OC/C=C/C)C(C)c1ccccc1. The van der Waals surface area contributed by atoms with Gasteiger partial charge in [-0.25, -0.2) is 0 Å². The van der Waals surface area contributed by atoms with Crippen LogP contribution < -0.4 is 0 Å². The van der Waals surface area contributed by atoms with Crippen LogP contribution in [0, 0.1) is 0 Å². The molecule has 0 aliphatic rings. The van der Waals surface area contributed by atoms with Crippen LogP contribution in [0.15, 0.2) is 54.6 Å². The molecule has 0 saturated carbocycles. The average Bonchev–Trinajstić information content (AvgIpc) is 2.46. The fourth-order valence-electron chi connectivity index (χ4n) is 1.74. The van der Waals surface area contributed by atoms with Gasteiger partial charge < -0.3 is 9.47 Å².